The Kier molecular flexibility index (Phi) is 5.58. The number of rotatable bonds is 7. The molecule has 2 heterocycles. The van der Waals surface area contributed by atoms with Crippen LogP contribution in [0.25, 0.3) is 0 Å². The topological polar surface area (TPSA) is 65.1 Å². The van der Waals surface area contributed by atoms with Gasteiger partial charge in [0.05, 0.1) is 6.04 Å². The van der Waals surface area contributed by atoms with E-state index in [4.69, 9.17) is 4.42 Å². The number of aromatic nitrogens is 1. The monoisotopic (exact) mass is 318 g/mol. The molecular weight excluding hydrogens is 296 g/mol. The highest BCUT2D eigenvalue weighted by Crippen LogP contribution is 2.24. The van der Waals surface area contributed by atoms with Gasteiger partial charge in [-0.3, -0.25) is 0 Å². The van der Waals surface area contributed by atoms with E-state index in [1.807, 2.05) is 14.1 Å². The van der Waals surface area contributed by atoms with E-state index in [0.29, 0.717) is 29.9 Å². The third-order valence-electron chi connectivity index (χ3n) is 3.37. The number of nitriles is 1. The van der Waals surface area contributed by atoms with Gasteiger partial charge in [0, 0.05) is 13.0 Å². The highest BCUT2D eigenvalue weighted by Gasteiger charge is 2.18. The zero-order chi connectivity index (χ0) is 16.1. The van der Waals surface area contributed by atoms with E-state index in [9.17, 15) is 5.26 Å². The summed E-state index contributed by atoms with van der Waals surface area (Å²) in [6.07, 6.45) is 0.734. The lowest BCUT2D eigenvalue weighted by molar-refractivity contribution is 0.310. The SMILES string of the molecule is CC(C)Cc1nc(C#N)c(NC[C@H](c2ccsc2)N(C)C)o1. The molecule has 0 radical (unpaired) electrons. The third-order valence-corrected chi connectivity index (χ3v) is 4.07. The molecule has 0 fully saturated rings. The molecule has 0 unspecified atom stereocenters. The molecular formula is C16H22N4OS. The van der Waals surface area contributed by atoms with Crippen molar-refractivity contribution in [2.45, 2.75) is 26.3 Å². The second-order valence-electron chi connectivity index (χ2n) is 5.91. The molecule has 0 amide bonds. The fourth-order valence-corrected chi connectivity index (χ4v) is 2.96. The van der Waals surface area contributed by atoms with Crippen molar-refractivity contribution in [2.24, 2.45) is 5.92 Å². The smallest absolute Gasteiger partial charge is 0.232 e. The van der Waals surface area contributed by atoms with Gasteiger partial charge in [-0.15, -0.1) is 0 Å². The molecule has 0 saturated heterocycles. The maximum Gasteiger partial charge on any atom is 0.232 e. The van der Waals surface area contributed by atoms with Crippen LogP contribution in [0, 0.1) is 17.2 Å². The molecule has 118 valence electrons. The minimum atomic E-state index is 0.219. The average Bonchev–Trinajstić information content (AvgIpc) is 3.08. The molecule has 1 N–H and O–H groups in total. The molecule has 0 aromatic carbocycles. The largest absolute Gasteiger partial charge is 0.424 e. The first-order chi connectivity index (χ1) is 10.5. The standard InChI is InChI=1S/C16H22N4OS/c1-11(2)7-15-19-13(8-17)16(21-15)18-9-14(20(3)4)12-5-6-22-10-12/h5-6,10-11,14,18H,7,9H2,1-4H3/t14-/m1/s1. The molecule has 2 rings (SSSR count). The van der Waals surface area contributed by atoms with Crippen molar-refractivity contribution in [3.8, 4) is 6.07 Å². The van der Waals surface area contributed by atoms with Crippen LogP contribution in [0.4, 0.5) is 5.88 Å². The van der Waals surface area contributed by atoms with Gasteiger partial charge in [-0.1, -0.05) is 13.8 Å². The molecule has 6 heteroatoms. The van der Waals surface area contributed by atoms with Crippen molar-refractivity contribution in [1.29, 1.82) is 5.26 Å². The Morgan fingerprint density at radius 3 is 2.77 bits per heavy atom. The summed E-state index contributed by atoms with van der Waals surface area (Å²) in [6, 6.07) is 4.43. The summed E-state index contributed by atoms with van der Waals surface area (Å²) in [7, 11) is 4.08. The van der Waals surface area contributed by atoms with Gasteiger partial charge in [0.25, 0.3) is 0 Å². The summed E-state index contributed by atoms with van der Waals surface area (Å²) in [6.45, 7) is 4.86. The van der Waals surface area contributed by atoms with Gasteiger partial charge in [0.15, 0.2) is 5.89 Å². The first kappa shape index (κ1) is 16.5. The number of oxazole rings is 1. The van der Waals surface area contributed by atoms with Crippen LogP contribution in [0.5, 0.6) is 0 Å². The Morgan fingerprint density at radius 2 is 2.23 bits per heavy atom. The minimum absolute atomic E-state index is 0.219. The molecule has 0 aliphatic heterocycles. The number of hydrogen-bond donors (Lipinski definition) is 1. The summed E-state index contributed by atoms with van der Waals surface area (Å²) in [5.74, 6) is 1.53. The van der Waals surface area contributed by atoms with Crippen molar-refractivity contribution in [3.05, 3.63) is 34.0 Å². The summed E-state index contributed by atoms with van der Waals surface area (Å²) in [5, 5.41) is 16.7. The highest BCUT2D eigenvalue weighted by molar-refractivity contribution is 7.07. The van der Waals surface area contributed by atoms with Crippen LogP contribution >= 0.6 is 11.3 Å². The quantitative estimate of drug-likeness (QED) is 0.846. The fourth-order valence-electron chi connectivity index (χ4n) is 2.25. The molecule has 0 aliphatic rings. The summed E-state index contributed by atoms with van der Waals surface area (Å²) in [4.78, 5) is 6.40. The van der Waals surface area contributed by atoms with Crippen molar-refractivity contribution in [2.75, 3.05) is 26.0 Å². The Hall–Kier alpha value is -1.84. The van der Waals surface area contributed by atoms with Gasteiger partial charge in [-0.25, -0.2) is 4.98 Å². The lowest BCUT2D eigenvalue weighted by atomic mass is 10.1. The first-order valence-corrected chi connectivity index (χ1v) is 8.27. The van der Waals surface area contributed by atoms with Crippen molar-refractivity contribution < 1.29 is 4.42 Å². The normalized spacial score (nSPS) is 12.6. The van der Waals surface area contributed by atoms with E-state index in [1.54, 1.807) is 11.3 Å². The van der Waals surface area contributed by atoms with Crippen molar-refractivity contribution in [3.63, 3.8) is 0 Å². The van der Waals surface area contributed by atoms with Crippen molar-refractivity contribution in [1.82, 2.24) is 9.88 Å². The van der Waals surface area contributed by atoms with Crippen LogP contribution in [0.2, 0.25) is 0 Å². The van der Waals surface area contributed by atoms with Gasteiger partial charge in [-0.2, -0.15) is 16.6 Å². The number of likely N-dealkylation sites (N-methyl/N-ethyl adjacent to an activating group) is 1. The number of nitrogens with one attached hydrogen (secondary N) is 1. The predicted octanol–water partition coefficient (Wildman–Crippen LogP) is 3.52. The maximum absolute atomic E-state index is 9.20. The minimum Gasteiger partial charge on any atom is -0.424 e. The Bertz CT molecular complexity index is 625. The molecule has 2 aromatic rings. The molecule has 1 atom stereocenters. The lowest BCUT2D eigenvalue weighted by Gasteiger charge is -2.23. The number of nitrogens with zero attached hydrogens (tertiary/aromatic N) is 3. The van der Waals surface area contributed by atoms with E-state index < -0.39 is 0 Å². The van der Waals surface area contributed by atoms with Crippen LogP contribution < -0.4 is 5.32 Å². The second kappa shape index (κ2) is 7.43. The predicted molar refractivity (Wildman–Crippen MR) is 89.0 cm³/mol. The van der Waals surface area contributed by atoms with Gasteiger partial charge in [0.1, 0.15) is 6.07 Å². The van der Waals surface area contributed by atoms with E-state index in [1.165, 1.54) is 5.56 Å². The fraction of sp³-hybridized carbons (Fsp3) is 0.500. The van der Waals surface area contributed by atoms with Crippen LogP contribution in [0.15, 0.2) is 21.2 Å². The Balaban J connectivity index is 2.09. The maximum atomic E-state index is 9.20. The molecule has 2 aromatic heterocycles. The van der Waals surface area contributed by atoms with Crippen LogP contribution in [0.3, 0.4) is 0 Å². The van der Waals surface area contributed by atoms with Gasteiger partial charge >= 0.3 is 0 Å². The molecule has 5 nitrogen and oxygen atoms in total. The molecule has 0 saturated carbocycles. The van der Waals surface area contributed by atoms with Crippen LogP contribution in [0.1, 0.15) is 37.0 Å². The number of thiophene rings is 1. The average molecular weight is 318 g/mol. The third kappa shape index (κ3) is 4.09. The van der Waals surface area contributed by atoms with Crippen LogP contribution in [-0.2, 0) is 6.42 Å². The molecule has 0 bridgehead atoms. The van der Waals surface area contributed by atoms with Gasteiger partial charge < -0.3 is 14.6 Å². The van der Waals surface area contributed by atoms with Gasteiger partial charge in [0.2, 0.25) is 11.6 Å². The zero-order valence-corrected chi connectivity index (χ0v) is 14.3. The Morgan fingerprint density at radius 1 is 1.45 bits per heavy atom. The van der Waals surface area contributed by atoms with Crippen molar-refractivity contribution >= 4 is 17.2 Å². The van der Waals surface area contributed by atoms with E-state index >= 15 is 0 Å². The molecule has 0 spiro atoms. The van der Waals surface area contributed by atoms with Crippen LogP contribution in [-0.4, -0.2) is 30.5 Å². The first-order valence-electron chi connectivity index (χ1n) is 7.33. The summed E-state index contributed by atoms with van der Waals surface area (Å²) in [5.41, 5.74) is 1.58. The number of anilines is 1. The second-order valence-corrected chi connectivity index (χ2v) is 6.69. The lowest BCUT2D eigenvalue weighted by Crippen LogP contribution is -2.26. The van der Waals surface area contributed by atoms with E-state index in [2.05, 4.69) is 51.9 Å². The van der Waals surface area contributed by atoms with Gasteiger partial charge in [-0.05, 0) is 42.4 Å². The van der Waals surface area contributed by atoms with E-state index in [0.717, 1.165) is 6.42 Å². The highest BCUT2D eigenvalue weighted by atomic mass is 32.1. The summed E-state index contributed by atoms with van der Waals surface area (Å²) < 4.78 is 5.70. The van der Waals surface area contributed by atoms with E-state index in [-0.39, 0.29) is 6.04 Å². The number of hydrogen-bond acceptors (Lipinski definition) is 6. The summed E-state index contributed by atoms with van der Waals surface area (Å²) >= 11 is 1.68. The molecule has 22 heavy (non-hydrogen) atoms. The molecule has 0 aliphatic carbocycles. The zero-order valence-electron chi connectivity index (χ0n) is 13.5. The Labute approximate surface area is 135 Å².